The molecule has 1 N–H and O–H groups in total. The van der Waals surface area contributed by atoms with Gasteiger partial charge in [-0.15, -0.1) is 6.58 Å². The molecule has 16 heavy (non-hydrogen) atoms. The molecule has 0 saturated heterocycles. The maximum atomic E-state index is 5.39. The summed E-state index contributed by atoms with van der Waals surface area (Å²) >= 11 is 0. The van der Waals surface area contributed by atoms with Crippen molar-refractivity contribution in [3.63, 3.8) is 0 Å². The average Bonchev–Trinajstić information content (AvgIpc) is 2.30. The Morgan fingerprint density at radius 1 is 1.50 bits per heavy atom. The quantitative estimate of drug-likeness (QED) is 0.538. The Hall–Kier alpha value is -1.19. The molecular formula is C13H20N2O. The van der Waals surface area contributed by atoms with Crippen LogP contribution >= 0.6 is 0 Å². The number of pyridine rings is 1. The van der Waals surface area contributed by atoms with Crippen LogP contribution in [0.5, 0.6) is 0 Å². The third-order valence-corrected chi connectivity index (χ3v) is 2.35. The van der Waals surface area contributed by atoms with Crippen LogP contribution in [0.4, 0.5) is 0 Å². The summed E-state index contributed by atoms with van der Waals surface area (Å²) in [5, 5.41) is 3.33. The Morgan fingerprint density at radius 3 is 3.12 bits per heavy atom. The van der Waals surface area contributed by atoms with Crippen molar-refractivity contribution in [3.05, 3.63) is 42.2 Å². The van der Waals surface area contributed by atoms with Crippen molar-refractivity contribution in [2.45, 2.75) is 19.9 Å². The summed E-state index contributed by atoms with van der Waals surface area (Å²) in [7, 11) is 0. The predicted molar refractivity (Wildman–Crippen MR) is 66.3 cm³/mol. The Labute approximate surface area is 97.5 Å². The van der Waals surface area contributed by atoms with Crippen molar-refractivity contribution >= 4 is 0 Å². The minimum absolute atomic E-state index is 0.743. The molecule has 0 saturated carbocycles. The van der Waals surface area contributed by atoms with Crippen LogP contribution in [0.15, 0.2) is 31.1 Å². The summed E-state index contributed by atoms with van der Waals surface area (Å²) in [5.74, 6) is 0. The van der Waals surface area contributed by atoms with E-state index in [1.54, 1.807) is 0 Å². The zero-order valence-corrected chi connectivity index (χ0v) is 9.91. The molecular weight excluding hydrogens is 200 g/mol. The number of aromatic nitrogens is 1. The largest absolute Gasteiger partial charge is 0.380 e. The Kier molecular flexibility index (Phi) is 6.45. The van der Waals surface area contributed by atoms with Crippen LogP contribution < -0.4 is 5.32 Å². The van der Waals surface area contributed by atoms with Crippen LogP contribution in [0.1, 0.15) is 17.5 Å². The maximum absolute atomic E-state index is 5.39. The topological polar surface area (TPSA) is 34.1 Å². The minimum Gasteiger partial charge on any atom is -0.380 e. The molecule has 3 nitrogen and oxygen atoms in total. The van der Waals surface area contributed by atoms with Crippen molar-refractivity contribution < 1.29 is 4.74 Å². The molecule has 1 aromatic rings. The van der Waals surface area contributed by atoms with Gasteiger partial charge in [-0.3, -0.25) is 4.98 Å². The molecule has 0 unspecified atom stereocenters. The monoisotopic (exact) mass is 220 g/mol. The van der Waals surface area contributed by atoms with Crippen LogP contribution in [-0.2, 0) is 11.3 Å². The van der Waals surface area contributed by atoms with E-state index in [2.05, 4.69) is 23.8 Å². The predicted octanol–water partition coefficient (Wildman–Crippen LogP) is 2.07. The highest BCUT2D eigenvalue weighted by Crippen LogP contribution is 2.03. The number of hydrogen-bond donors (Lipinski definition) is 1. The van der Waals surface area contributed by atoms with Crippen molar-refractivity contribution in [1.82, 2.24) is 10.3 Å². The molecule has 0 aromatic carbocycles. The standard InChI is InChI=1S/C13H20N2O/c1-3-4-8-16-9-7-15-11-13-10-14-6-5-12(13)2/h3,5-6,10,15H,1,4,7-9,11H2,2H3. The highest BCUT2D eigenvalue weighted by Gasteiger charge is 1.96. The fourth-order valence-corrected chi connectivity index (χ4v) is 1.32. The van der Waals surface area contributed by atoms with E-state index in [9.17, 15) is 0 Å². The molecule has 3 heteroatoms. The molecule has 0 spiro atoms. The van der Waals surface area contributed by atoms with Gasteiger partial charge in [-0.1, -0.05) is 6.08 Å². The van der Waals surface area contributed by atoms with Crippen molar-refractivity contribution in [1.29, 1.82) is 0 Å². The number of hydrogen-bond acceptors (Lipinski definition) is 3. The van der Waals surface area contributed by atoms with E-state index >= 15 is 0 Å². The lowest BCUT2D eigenvalue weighted by Gasteiger charge is -2.07. The molecule has 0 amide bonds. The van der Waals surface area contributed by atoms with Crippen LogP contribution in [0.25, 0.3) is 0 Å². The van der Waals surface area contributed by atoms with Gasteiger partial charge in [0.1, 0.15) is 0 Å². The molecule has 0 radical (unpaired) electrons. The van der Waals surface area contributed by atoms with Crippen molar-refractivity contribution in [2.75, 3.05) is 19.8 Å². The molecule has 1 heterocycles. The molecule has 0 aliphatic rings. The van der Waals surface area contributed by atoms with Gasteiger partial charge in [-0.05, 0) is 30.5 Å². The summed E-state index contributed by atoms with van der Waals surface area (Å²) in [5.41, 5.74) is 2.52. The number of nitrogens with zero attached hydrogens (tertiary/aromatic N) is 1. The van der Waals surface area contributed by atoms with E-state index in [1.165, 1.54) is 11.1 Å². The van der Waals surface area contributed by atoms with Gasteiger partial charge in [-0.2, -0.15) is 0 Å². The average molecular weight is 220 g/mol. The van der Waals surface area contributed by atoms with E-state index in [0.717, 1.165) is 32.7 Å². The molecule has 0 fully saturated rings. The summed E-state index contributed by atoms with van der Waals surface area (Å²) in [6.07, 6.45) is 6.51. The second kappa shape index (κ2) is 8.02. The Bertz CT molecular complexity index is 313. The van der Waals surface area contributed by atoms with Gasteiger partial charge in [0.25, 0.3) is 0 Å². The van der Waals surface area contributed by atoms with Crippen LogP contribution in [0.3, 0.4) is 0 Å². The number of rotatable bonds is 8. The summed E-state index contributed by atoms with van der Waals surface area (Å²) in [6, 6.07) is 2.03. The molecule has 88 valence electrons. The van der Waals surface area contributed by atoms with Gasteiger partial charge in [0.2, 0.25) is 0 Å². The first-order chi connectivity index (χ1) is 7.84. The Morgan fingerprint density at radius 2 is 2.38 bits per heavy atom. The maximum Gasteiger partial charge on any atom is 0.0591 e. The van der Waals surface area contributed by atoms with Gasteiger partial charge in [0.05, 0.1) is 13.2 Å². The number of nitrogens with one attached hydrogen (secondary N) is 1. The van der Waals surface area contributed by atoms with Crippen LogP contribution in [0.2, 0.25) is 0 Å². The van der Waals surface area contributed by atoms with Gasteiger partial charge >= 0.3 is 0 Å². The highest BCUT2D eigenvalue weighted by atomic mass is 16.5. The molecule has 0 atom stereocenters. The number of ether oxygens (including phenoxy) is 1. The van der Waals surface area contributed by atoms with Crippen LogP contribution in [0, 0.1) is 6.92 Å². The molecule has 0 aliphatic heterocycles. The van der Waals surface area contributed by atoms with Crippen LogP contribution in [-0.4, -0.2) is 24.7 Å². The fraction of sp³-hybridized carbons (Fsp3) is 0.462. The molecule has 1 aromatic heterocycles. The van der Waals surface area contributed by atoms with Gasteiger partial charge in [0, 0.05) is 25.5 Å². The summed E-state index contributed by atoms with van der Waals surface area (Å²) in [6.45, 7) is 8.96. The SMILES string of the molecule is C=CCCOCCNCc1cnccc1C. The smallest absolute Gasteiger partial charge is 0.0591 e. The molecule has 0 bridgehead atoms. The second-order valence-corrected chi connectivity index (χ2v) is 3.67. The first-order valence-corrected chi connectivity index (χ1v) is 5.63. The Balaban J connectivity index is 2.07. The first kappa shape index (κ1) is 12.9. The third kappa shape index (κ3) is 5.05. The minimum atomic E-state index is 0.743. The third-order valence-electron chi connectivity index (χ3n) is 2.35. The lowest BCUT2D eigenvalue weighted by Crippen LogP contribution is -2.20. The van der Waals surface area contributed by atoms with E-state index < -0.39 is 0 Å². The van der Waals surface area contributed by atoms with Crippen molar-refractivity contribution in [3.8, 4) is 0 Å². The molecule has 0 aliphatic carbocycles. The van der Waals surface area contributed by atoms with E-state index in [0.29, 0.717) is 0 Å². The zero-order chi connectivity index (χ0) is 11.6. The van der Waals surface area contributed by atoms with E-state index in [1.807, 2.05) is 24.5 Å². The lowest BCUT2D eigenvalue weighted by atomic mass is 10.2. The lowest BCUT2D eigenvalue weighted by molar-refractivity contribution is 0.140. The van der Waals surface area contributed by atoms with E-state index in [4.69, 9.17) is 4.74 Å². The summed E-state index contributed by atoms with van der Waals surface area (Å²) < 4.78 is 5.39. The molecule has 1 rings (SSSR count). The van der Waals surface area contributed by atoms with Gasteiger partial charge < -0.3 is 10.1 Å². The summed E-state index contributed by atoms with van der Waals surface area (Å²) in [4.78, 5) is 4.10. The zero-order valence-electron chi connectivity index (χ0n) is 9.91. The second-order valence-electron chi connectivity index (χ2n) is 3.67. The van der Waals surface area contributed by atoms with Gasteiger partial charge in [-0.25, -0.2) is 0 Å². The fourth-order valence-electron chi connectivity index (χ4n) is 1.32. The van der Waals surface area contributed by atoms with Gasteiger partial charge in [0.15, 0.2) is 0 Å². The van der Waals surface area contributed by atoms with Crippen molar-refractivity contribution in [2.24, 2.45) is 0 Å². The highest BCUT2D eigenvalue weighted by molar-refractivity contribution is 5.20. The van der Waals surface area contributed by atoms with E-state index in [-0.39, 0.29) is 0 Å². The number of aryl methyl sites for hydroxylation is 1. The normalized spacial score (nSPS) is 10.3. The first-order valence-electron chi connectivity index (χ1n) is 5.63.